The number of hydrogen-bond donors (Lipinski definition) is 1. The molecule has 0 aromatic carbocycles. The van der Waals surface area contributed by atoms with E-state index in [4.69, 9.17) is 21.4 Å². The quantitative estimate of drug-likeness (QED) is 0.901. The minimum absolute atomic E-state index is 0.0331. The maximum Gasteiger partial charge on any atom is 0.322 e. The highest BCUT2D eigenvalue weighted by molar-refractivity contribution is 7.91. The van der Waals surface area contributed by atoms with Crippen LogP contribution in [0, 0.1) is 0 Å². The van der Waals surface area contributed by atoms with Crippen molar-refractivity contribution in [3.8, 4) is 0 Å². The molecule has 0 bridgehead atoms. The monoisotopic (exact) mass is 325 g/mol. The molecule has 2 atom stereocenters. The summed E-state index contributed by atoms with van der Waals surface area (Å²) < 4.78 is 31.2. The summed E-state index contributed by atoms with van der Waals surface area (Å²) >= 11 is 6.63. The zero-order valence-corrected chi connectivity index (χ0v) is 12.3. The van der Waals surface area contributed by atoms with Gasteiger partial charge in [-0.05, 0) is 12.1 Å². The van der Waals surface area contributed by atoms with Gasteiger partial charge in [-0.15, -0.1) is 11.3 Å². The van der Waals surface area contributed by atoms with Gasteiger partial charge in [-0.1, -0.05) is 11.6 Å². The number of methoxy groups -OCH3 is 1. The summed E-state index contributed by atoms with van der Waals surface area (Å²) in [5, 5.41) is 9.13. The summed E-state index contributed by atoms with van der Waals surface area (Å²) in [7, 11) is -2.42. The van der Waals surface area contributed by atoms with Crippen LogP contribution in [0.25, 0.3) is 0 Å². The van der Waals surface area contributed by atoms with Gasteiger partial charge in [-0.25, -0.2) is 8.42 Å². The van der Waals surface area contributed by atoms with Gasteiger partial charge in [0.2, 0.25) is 0 Å². The Balaban J connectivity index is 2.36. The third kappa shape index (κ3) is 2.77. The fraction of sp³-hybridized carbons (Fsp3) is 0.500. The first kappa shape index (κ1) is 14.7. The van der Waals surface area contributed by atoms with Crippen LogP contribution in [0.3, 0.4) is 0 Å². The number of hydrogen-bond acceptors (Lipinski definition) is 5. The van der Waals surface area contributed by atoms with Crippen LogP contribution in [0.5, 0.6) is 0 Å². The molecule has 106 valence electrons. The Morgan fingerprint density at radius 3 is 2.74 bits per heavy atom. The number of thiophene rings is 1. The highest BCUT2D eigenvalue weighted by Gasteiger charge is 2.44. The van der Waals surface area contributed by atoms with Crippen molar-refractivity contribution < 1.29 is 23.1 Å². The summed E-state index contributed by atoms with van der Waals surface area (Å²) in [5.74, 6) is -1.18. The van der Waals surface area contributed by atoms with E-state index >= 15 is 0 Å². The molecule has 2 unspecified atom stereocenters. The van der Waals surface area contributed by atoms with Crippen LogP contribution in [0.4, 0.5) is 0 Å². The zero-order valence-electron chi connectivity index (χ0n) is 9.95. The van der Waals surface area contributed by atoms with Gasteiger partial charge in [0, 0.05) is 20.1 Å². The average molecular weight is 326 g/mol. The molecule has 1 aromatic heterocycles. The van der Waals surface area contributed by atoms with Crippen molar-refractivity contribution in [3.63, 3.8) is 0 Å². The predicted octanol–water partition coefficient (Wildman–Crippen LogP) is 1.26. The zero-order chi connectivity index (χ0) is 14.2. The second-order valence-electron chi connectivity index (χ2n) is 4.08. The van der Waals surface area contributed by atoms with Crippen molar-refractivity contribution in [1.82, 2.24) is 4.31 Å². The molecule has 1 aliphatic rings. The van der Waals surface area contributed by atoms with E-state index in [1.54, 1.807) is 0 Å². The molecule has 0 spiro atoms. The van der Waals surface area contributed by atoms with Crippen LogP contribution in [0.1, 0.15) is 6.42 Å². The number of halogens is 1. The summed E-state index contributed by atoms with van der Waals surface area (Å²) in [5.41, 5.74) is 0. The van der Waals surface area contributed by atoms with E-state index < -0.39 is 28.1 Å². The van der Waals surface area contributed by atoms with Crippen molar-refractivity contribution >= 4 is 38.9 Å². The number of aliphatic carboxylic acids is 1. The highest BCUT2D eigenvalue weighted by Crippen LogP contribution is 2.32. The molecule has 6 nitrogen and oxygen atoms in total. The molecule has 1 aliphatic heterocycles. The van der Waals surface area contributed by atoms with E-state index in [9.17, 15) is 13.2 Å². The van der Waals surface area contributed by atoms with Crippen LogP contribution in [-0.4, -0.2) is 49.6 Å². The number of carboxylic acid groups (broad SMARTS) is 1. The third-order valence-corrected chi connectivity index (χ3v) is 6.52. The molecule has 2 rings (SSSR count). The number of carbonyl (C=O) groups is 1. The van der Waals surface area contributed by atoms with Gasteiger partial charge in [0.25, 0.3) is 10.0 Å². The molecule has 19 heavy (non-hydrogen) atoms. The summed E-state index contributed by atoms with van der Waals surface area (Å²) in [4.78, 5) is 11.2. The second-order valence-corrected chi connectivity index (χ2v) is 7.91. The van der Waals surface area contributed by atoms with Gasteiger partial charge >= 0.3 is 5.97 Å². The van der Waals surface area contributed by atoms with E-state index in [2.05, 4.69) is 0 Å². The Kier molecular flexibility index (Phi) is 4.17. The van der Waals surface area contributed by atoms with Crippen LogP contribution in [-0.2, 0) is 19.6 Å². The number of nitrogens with zero attached hydrogens (tertiary/aromatic N) is 1. The fourth-order valence-corrected chi connectivity index (χ4v) is 5.22. The predicted molar refractivity (Wildman–Crippen MR) is 70.1 cm³/mol. The lowest BCUT2D eigenvalue weighted by Crippen LogP contribution is -2.40. The number of rotatable bonds is 4. The molecule has 1 fully saturated rings. The van der Waals surface area contributed by atoms with E-state index in [0.717, 1.165) is 15.6 Å². The Labute approximate surface area is 119 Å². The normalized spacial score (nSPS) is 24.7. The van der Waals surface area contributed by atoms with Crippen LogP contribution in [0.15, 0.2) is 16.3 Å². The lowest BCUT2D eigenvalue weighted by molar-refractivity contribution is -0.140. The molecule has 0 radical (unpaired) electrons. The molecular weight excluding hydrogens is 314 g/mol. The molecule has 0 saturated carbocycles. The maximum absolute atomic E-state index is 12.4. The lowest BCUT2D eigenvalue weighted by atomic mass is 10.2. The van der Waals surface area contributed by atoms with E-state index in [1.165, 1.54) is 19.2 Å². The Hall–Kier alpha value is -0.670. The number of carboxylic acids is 1. The first-order chi connectivity index (χ1) is 8.86. The minimum atomic E-state index is -3.85. The molecule has 2 heterocycles. The lowest BCUT2D eigenvalue weighted by Gasteiger charge is -2.19. The highest BCUT2D eigenvalue weighted by atomic mass is 35.5. The summed E-state index contributed by atoms with van der Waals surface area (Å²) in [6, 6.07) is 1.75. The number of ether oxygens (including phenoxy) is 1. The van der Waals surface area contributed by atoms with Crippen molar-refractivity contribution in [3.05, 3.63) is 16.5 Å². The topological polar surface area (TPSA) is 83.9 Å². The van der Waals surface area contributed by atoms with Gasteiger partial charge in [0.1, 0.15) is 10.3 Å². The smallest absolute Gasteiger partial charge is 0.322 e. The van der Waals surface area contributed by atoms with Crippen LogP contribution < -0.4 is 0 Å². The summed E-state index contributed by atoms with van der Waals surface area (Å²) in [6.45, 7) is 0.0331. The van der Waals surface area contributed by atoms with Crippen LogP contribution >= 0.6 is 22.9 Å². The molecule has 9 heteroatoms. The van der Waals surface area contributed by atoms with Gasteiger partial charge in [0.15, 0.2) is 0 Å². The number of sulfonamides is 1. The van der Waals surface area contributed by atoms with Crippen molar-refractivity contribution in [1.29, 1.82) is 0 Å². The van der Waals surface area contributed by atoms with Crippen molar-refractivity contribution in [2.24, 2.45) is 0 Å². The molecular formula is C10H12ClNO5S2. The Bertz CT molecular complexity index is 584. The largest absolute Gasteiger partial charge is 0.480 e. The Morgan fingerprint density at radius 2 is 2.26 bits per heavy atom. The summed E-state index contributed by atoms with van der Waals surface area (Å²) in [6.07, 6.45) is -0.268. The van der Waals surface area contributed by atoms with Crippen molar-refractivity contribution in [2.45, 2.75) is 22.8 Å². The van der Waals surface area contributed by atoms with E-state index in [-0.39, 0.29) is 17.2 Å². The van der Waals surface area contributed by atoms with Crippen molar-refractivity contribution in [2.75, 3.05) is 13.7 Å². The standard InChI is InChI=1S/C10H12ClNO5S2/c1-17-6-4-7(10(13)14)12(5-6)19(15,16)9-3-2-8(11)18-9/h2-3,6-7H,4-5H2,1H3,(H,13,14). The van der Waals surface area contributed by atoms with E-state index in [1.807, 2.05) is 0 Å². The molecule has 1 aromatic rings. The molecule has 0 aliphatic carbocycles. The first-order valence-corrected chi connectivity index (χ1v) is 8.02. The van der Waals surface area contributed by atoms with Crippen LogP contribution in [0.2, 0.25) is 4.34 Å². The third-order valence-electron chi connectivity index (χ3n) is 2.95. The second kappa shape index (κ2) is 5.37. The molecule has 1 saturated heterocycles. The van der Waals surface area contributed by atoms with E-state index in [0.29, 0.717) is 4.34 Å². The minimum Gasteiger partial charge on any atom is -0.480 e. The van der Waals surface area contributed by atoms with Gasteiger partial charge < -0.3 is 9.84 Å². The van der Waals surface area contributed by atoms with Gasteiger partial charge in [0.05, 0.1) is 10.4 Å². The molecule has 1 N–H and O–H groups in total. The fourth-order valence-electron chi connectivity index (χ4n) is 1.98. The SMILES string of the molecule is COC1CC(C(=O)O)N(S(=O)(=O)c2ccc(Cl)s2)C1. The Morgan fingerprint density at radius 1 is 1.58 bits per heavy atom. The maximum atomic E-state index is 12.4. The van der Waals surface area contributed by atoms with Gasteiger partial charge in [-0.2, -0.15) is 4.31 Å². The molecule has 0 amide bonds. The first-order valence-electron chi connectivity index (χ1n) is 5.39. The van der Waals surface area contributed by atoms with Gasteiger partial charge in [-0.3, -0.25) is 4.79 Å². The average Bonchev–Trinajstić information content (AvgIpc) is 2.94.